The molecule has 1 aliphatic rings. The molecule has 1 aliphatic heterocycles. The normalized spacial score (nSPS) is 15.0. The lowest BCUT2D eigenvalue weighted by molar-refractivity contribution is -0.121. The van der Waals surface area contributed by atoms with Gasteiger partial charge in [0.25, 0.3) is 0 Å². The molecule has 0 unspecified atom stereocenters. The van der Waals surface area contributed by atoms with E-state index in [0.717, 1.165) is 48.1 Å². The number of likely N-dealkylation sites (tertiary alicyclic amines) is 1. The molecule has 3 aromatic rings. The number of hydrogen-bond acceptors (Lipinski definition) is 3. The lowest BCUT2D eigenvalue weighted by atomic mass is 9.95. The van der Waals surface area contributed by atoms with Crippen molar-refractivity contribution in [1.29, 1.82) is 0 Å². The first-order chi connectivity index (χ1) is 15.0. The minimum atomic E-state index is -0.0191. The Kier molecular flexibility index (Phi) is 6.33. The van der Waals surface area contributed by atoms with Gasteiger partial charge in [-0.2, -0.15) is 0 Å². The number of nitrogens with one attached hydrogen (secondary N) is 2. The highest BCUT2D eigenvalue weighted by atomic mass is 16.2. The largest absolute Gasteiger partial charge is 0.326 e. The summed E-state index contributed by atoms with van der Waals surface area (Å²) >= 11 is 0. The number of hydrogen-bond donors (Lipinski definition) is 2. The number of fused-ring (bicyclic) bond motifs is 1. The van der Waals surface area contributed by atoms with E-state index >= 15 is 0 Å². The lowest BCUT2D eigenvalue weighted by Crippen LogP contribution is -2.41. The second-order valence-electron chi connectivity index (χ2n) is 8.41. The van der Waals surface area contributed by atoms with Crippen molar-refractivity contribution in [2.24, 2.45) is 5.92 Å². The predicted octanol–water partition coefficient (Wildman–Crippen LogP) is 4.75. The van der Waals surface area contributed by atoms with Crippen molar-refractivity contribution in [2.45, 2.75) is 26.7 Å². The van der Waals surface area contributed by atoms with Crippen LogP contribution in [0.15, 0.2) is 60.7 Å². The summed E-state index contributed by atoms with van der Waals surface area (Å²) in [4.78, 5) is 27.4. The number of carbonyl (C=O) groups is 2. The van der Waals surface area contributed by atoms with E-state index in [0.29, 0.717) is 6.54 Å². The van der Waals surface area contributed by atoms with Crippen molar-refractivity contribution >= 4 is 34.0 Å². The van der Waals surface area contributed by atoms with Gasteiger partial charge in [0, 0.05) is 22.7 Å². The lowest BCUT2D eigenvalue weighted by Gasteiger charge is -2.30. The first kappa shape index (κ1) is 21.1. The number of rotatable bonds is 5. The Bertz CT molecular complexity index is 1100. The summed E-state index contributed by atoms with van der Waals surface area (Å²) in [6.45, 7) is 5.94. The number of benzene rings is 3. The van der Waals surface area contributed by atoms with Crippen LogP contribution in [0.4, 0.5) is 11.4 Å². The summed E-state index contributed by atoms with van der Waals surface area (Å²) in [7, 11) is 0. The van der Waals surface area contributed by atoms with E-state index in [9.17, 15) is 9.59 Å². The van der Waals surface area contributed by atoms with Gasteiger partial charge in [0.2, 0.25) is 11.8 Å². The van der Waals surface area contributed by atoms with Crippen molar-refractivity contribution < 1.29 is 9.59 Å². The minimum absolute atomic E-state index is 0.0148. The summed E-state index contributed by atoms with van der Waals surface area (Å²) in [5.74, 6) is 0.0384. The van der Waals surface area contributed by atoms with E-state index < -0.39 is 0 Å². The molecule has 0 spiro atoms. The standard InChI is InChI=1S/C26H29N3O2/c1-18-10-11-22(16-19(18)2)27-26(31)21-12-14-29(15-13-21)17-25(30)28-24-9-5-7-20-6-3-4-8-23(20)24/h3-11,16,21H,12-15,17H2,1-2H3,(H,27,31)(H,28,30). The zero-order valence-electron chi connectivity index (χ0n) is 18.2. The monoisotopic (exact) mass is 415 g/mol. The summed E-state index contributed by atoms with van der Waals surface area (Å²) < 4.78 is 0. The first-order valence-corrected chi connectivity index (χ1v) is 10.9. The van der Waals surface area contributed by atoms with E-state index in [-0.39, 0.29) is 17.7 Å². The van der Waals surface area contributed by atoms with Crippen LogP contribution in [-0.4, -0.2) is 36.3 Å². The fourth-order valence-corrected chi connectivity index (χ4v) is 4.14. The number of nitrogens with zero attached hydrogens (tertiary/aromatic N) is 1. The molecule has 3 aromatic carbocycles. The highest BCUT2D eigenvalue weighted by molar-refractivity contribution is 6.02. The van der Waals surface area contributed by atoms with Crippen LogP contribution in [0, 0.1) is 19.8 Å². The molecule has 0 radical (unpaired) electrons. The second-order valence-corrected chi connectivity index (χ2v) is 8.41. The van der Waals surface area contributed by atoms with Crippen molar-refractivity contribution in [1.82, 2.24) is 4.90 Å². The molecular weight excluding hydrogens is 386 g/mol. The zero-order chi connectivity index (χ0) is 21.8. The fraction of sp³-hybridized carbons (Fsp3) is 0.308. The van der Waals surface area contributed by atoms with Gasteiger partial charge in [0.05, 0.1) is 6.54 Å². The number of anilines is 2. The van der Waals surface area contributed by atoms with Gasteiger partial charge < -0.3 is 10.6 Å². The first-order valence-electron chi connectivity index (χ1n) is 10.9. The van der Waals surface area contributed by atoms with Gasteiger partial charge in [-0.3, -0.25) is 14.5 Å². The van der Waals surface area contributed by atoms with Crippen LogP contribution >= 0.6 is 0 Å². The van der Waals surface area contributed by atoms with E-state index in [2.05, 4.69) is 22.5 Å². The molecule has 0 atom stereocenters. The molecule has 31 heavy (non-hydrogen) atoms. The summed E-state index contributed by atoms with van der Waals surface area (Å²) in [5, 5.41) is 8.25. The molecule has 2 N–H and O–H groups in total. The third-order valence-corrected chi connectivity index (χ3v) is 6.16. The Morgan fingerprint density at radius 3 is 2.42 bits per heavy atom. The molecule has 1 fully saturated rings. The molecule has 5 heteroatoms. The second kappa shape index (κ2) is 9.31. The Hall–Kier alpha value is -3.18. The highest BCUT2D eigenvalue weighted by Crippen LogP contribution is 2.24. The molecule has 0 aliphatic carbocycles. The van der Waals surface area contributed by atoms with Crippen LogP contribution in [-0.2, 0) is 9.59 Å². The Labute approximate surface area is 183 Å². The van der Waals surface area contributed by atoms with E-state index in [1.807, 2.05) is 67.6 Å². The third kappa shape index (κ3) is 5.12. The van der Waals surface area contributed by atoms with Gasteiger partial charge in [-0.15, -0.1) is 0 Å². The molecule has 0 aromatic heterocycles. The van der Waals surface area contributed by atoms with Crippen LogP contribution in [0.25, 0.3) is 10.8 Å². The molecular formula is C26H29N3O2. The van der Waals surface area contributed by atoms with Gasteiger partial charge in [0.1, 0.15) is 0 Å². The smallest absolute Gasteiger partial charge is 0.238 e. The van der Waals surface area contributed by atoms with Gasteiger partial charge in [-0.25, -0.2) is 0 Å². The summed E-state index contributed by atoms with van der Waals surface area (Å²) in [6, 6.07) is 20.0. The molecule has 5 nitrogen and oxygen atoms in total. The predicted molar refractivity (Wildman–Crippen MR) is 126 cm³/mol. The van der Waals surface area contributed by atoms with Crippen LogP contribution in [0.5, 0.6) is 0 Å². The fourth-order valence-electron chi connectivity index (χ4n) is 4.14. The highest BCUT2D eigenvalue weighted by Gasteiger charge is 2.26. The number of piperidine rings is 1. The molecule has 4 rings (SSSR count). The maximum Gasteiger partial charge on any atom is 0.238 e. The van der Waals surface area contributed by atoms with E-state index in [4.69, 9.17) is 0 Å². The summed E-state index contributed by atoms with van der Waals surface area (Å²) in [5.41, 5.74) is 4.08. The zero-order valence-corrected chi connectivity index (χ0v) is 18.2. The third-order valence-electron chi connectivity index (χ3n) is 6.16. The molecule has 1 heterocycles. The Morgan fingerprint density at radius 2 is 1.65 bits per heavy atom. The molecule has 1 saturated heterocycles. The number of aryl methyl sites for hydroxylation is 2. The average molecular weight is 416 g/mol. The van der Waals surface area contributed by atoms with E-state index in [1.54, 1.807) is 0 Å². The number of carbonyl (C=O) groups excluding carboxylic acids is 2. The number of amides is 2. The van der Waals surface area contributed by atoms with Crippen molar-refractivity contribution in [3.63, 3.8) is 0 Å². The van der Waals surface area contributed by atoms with Gasteiger partial charge in [0.15, 0.2) is 0 Å². The van der Waals surface area contributed by atoms with Crippen molar-refractivity contribution in [3.05, 3.63) is 71.8 Å². The van der Waals surface area contributed by atoms with Crippen LogP contribution in [0.1, 0.15) is 24.0 Å². The van der Waals surface area contributed by atoms with Gasteiger partial charge in [-0.05, 0) is 74.5 Å². The molecule has 0 saturated carbocycles. The average Bonchev–Trinajstić information content (AvgIpc) is 2.77. The minimum Gasteiger partial charge on any atom is -0.326 e. The van der Waals surface area contributed by atoms with Crippen LogP contribution in [0.3, 0.4) is 0 Å². The molecule has 160 valence electrons. The topological polar surface area (TPSA) is 61.4 Å². The Balaban J connectivity index is 1.28. The van der Waals surface area contributed by atoms with Crippen LogP contribution < -0.4 is 10.6 Å². The SMILES string of the molecule is Cc1ccc(NC(=O)C2CCN(CC(=O)Nc3cccc4ccccc34)CC2)cc1C. The van der Waals surface area contributed by atoms with Gasteiger partial charge in [-0.1, -0.05) is 42.5 Å². The maximum atomic E-state index is 12.6. The summed E-state index contributed by atoms with van der Waals surface area (Å²) in [6.07, 6.45) is 1.52. The van der Waals surface area contributed by atoms with Crippen LogP contribution in [0.2, 0.25) is 0 Å². The molecule has 2 amide bonds. The van der Waals surface area contributed by atoms with Gasteiger partial charge >= 0.3 is 0 Å². The van der Waals surface area contributed by atoms with Crippen molar-refractivity contribution in [3.8, 4) is 0 Å². The molecule has 0 bridgehead atoms. The quantitative estimate of drug-likeness (QED) is 0.632. The maximum absolute atomic E-state index is 12.6. The van der Waals surface area contributed by atoms with Crippen molar-refractivity contribution in [2.75, 3.05) is 30.3 Å². The Morgan fingerprint density at radius 1 is 0.903 bits per heavy atom. The van der Waals surface area contributed by atoms with E-state index in [1.165, 1.54) is 11.1 Å².